The number of nitrogens with zero attached hydrogens (tertiary/aromatic N) is 3. The van der Waals surface area contributed by atoms with E-state index >= 15 is 0 Å². The lowest BCUT2D eigenvalue weighted by Gasteiger charge is -2.33. The van der Waals surface area contributed by atoms with Gasteiger partial charge in [0.2, 0.25) is 15.9 Å². The fourth-order valence-electron chi connectivity index (χ4n) is 3.94. The minimum Gasteiger partial charge on any atom is -0.462 e. The number of anilines is 1. The zero-order chi connectivity index (χ0) is 25.6. The Morgan fingerprint density at radius 3 is 2.51 bits per heavy atom. The molecule has 0 saturated carbocycles. The van der Waals surface area contributed by atoms with Crippen molar-refractivity contribution in [1.29, 1.82) is 5.26 Å². The molecule has 9 nitrogen and oxygen atoms in total. The Morgan fingerprint density at radius 1 is 1.29 bits per heavy atom. The highest BCUT2D eigenvalue weighted by molar-refractivity contribution is 7.89. The number of ether oxygens (including phenoxy) is 1. The number of alkyl halides is 1. The molecule has 0 radical (unpaired) electrons. The second-order valence-corrected chi connectivity index (χ2v) is 9.94. The van der Waals surface area contributed by atoms with Crippen LogP contribution in [0, 0.1) is 17.2 Å². The highest BCUT2D eigenvalue weighted by atomic mass is 32.2. The Bertz CT molecular complexity index is 1220. The molecular formula is C24H27FN4O5S. The van der Waals surface area contributed by atoms with Crippen LogP contribution in [0.5, 0.6) is 0 Å². The van der Waals surface area contributed by atoms with Gasteiger partial charge in [-0.05, 0) is 38.3 Å². The fourth-order valence-corrected chi connectivity index (χ4v) is 5.11. The van der Waals surface area contributed by atoms with E-state index in [1.165, 1.54) is 13.0 Å². The number of amides is 1. The van der Waals surface area contributed by atoms with Crippen LogP contribution in [0.1, 0.15) is 60.0 Å². The molecule has 11 heteroatoms. The molecule has 35 heavy (non-hydrogen) atoms. The third-order valence-corrected chi connectivity index (χ3v) is 6.87. The molecule has 1 aliphatic heterocycles. The molecule has 0 spiro atoms. The second-order valence-electron chi connectivity index (χ2n) is 8.21. The van der Waals surface area contributed by atoms with Crippen LogP contribution in [0.25, 0.3) is 0 Å². The quantitative estimate of drug-likeness (QED) is 0.546. The number of benzene rings is 1. The Morgan fingerprint density at radius 2 is 1.94 bits per heavy atom. The molecule has 1 fully saturated rings. The minimum atomic E-state index is -3.85. The summed E-state index contributed by atoms with van der Waals surface area (Å²) in [6, 6.07) is 11.8. The molecule has 186 valence electrons. The Hall–Kier alpha value is -3.52. The predicted octanol–water partition coefficient (Wildman–Crippen LogP) is 3.02. The predicted molar refractivity (Wildman–Crippen MR) is 127 cm³/mol. The number of hydrogen-bond donors (Lipinski definition) is 1. The first kappa shape index (κ1) is 26.1. The number of carbonyl (C=O) groups excluding carboxylic acids is 2. The number of piperidine rings is 1. The van der Waals surface area contributed by atoms with Crippen LogP contribution in [-0.2, 0) is 25.3 Å². The van der Waals surface area contributed by atoms with Gasteiger partial charge in [-0.2, -0.15) is 5.26 Å². The van der Waals surface area contributed by atoms with Crippen molar-refractivity contribution in [3.8, 4) is 6.07 Å². The average molecular weight is 503 g/mol. The zero-order valence-corrected chi connectivity index (χ0v) is 20.3. The molecule has 1 atom stereocenters. The number of pyridine rings is 1. The standard InChI is InChI=1S/C24H27FN4O5S/c1-3-34-24(31)20-13-19(14-26)22(27-21(20)16(2)25)29-11-9-18(10-12-29)23(30)28-35(32,33)15-17-7-5-4-6-8-17/h4-8,13,16,18H,3,9-12,15H2,1-2H3,(H,28,30). The number of carbonyl (C=O) groups is 2. The maximum absolute atomic E-state index is 14.3. The summed E-state index contributed by atoms with van der Waals surface area (Å²) in [4.78, 5) is 30.9. The van der Waals surface area contributed by atoms with Crippen LogP contribution in [0.4, 0.5) is 10.2 Å². The van der Waals surface area contributed by atoms with E-state index in [0.29, 0.717) is 31.5 Å². The fraction of sp³-hybridized carbons (Fsp3) is 0.417. The molecule has 1 aromatic heterocycles. The molecule has 1 aromatic carbocycles. The van der Waals surface area contributed by atoms with Gasteiger partial charge >= 0.3 is 5.97 Å². The van der Waals surface area contributed by atoms with Crippen molar-refractivity contribution in [3.63, 3.8) is 0 Å². The van der Waals surface area contributed by atoms with E-state index in [9.17, 15) is 27.7 Å². The molecule has 3 rings (SSSR count). The molecule has 1 unspecified atom stereocenters. The molecule has 1 amide bonds. The largest absolute Gasteiger partial charge is 0.462 e. The van der Waals surface area contributed by atoms with E-state index in [0.717, 1.165) is 0 Å². The Kier molecular flexibility index (Phi) is 8.40. The lowest BCUT2D eigenvalue weighted by Crippen LogP contribution is -2.43. The van der Waals surface area contributed by atoms with Gasteiger partial charge in [0.1, 0.15) is 18.1 Å². The first-order valence-electron chi connectivity index (χ1n) is 11.2. The number of nitrogens with one attached hydrogen (secondary N) is 1. The second kappa shape index (κ2) is 11.3. The van der Waals surface area contributed by atoms with Gasteiger partial charge in [0.25, 0.3) is 0 Å². The molecule has 0 bridgehead atoms. The number of nitriles is 1. The number of esters is 1. The summed E-state index contributed by atoms with van der Waals surface area (Å²) in [5, 5.41) is 9.61. The van der Waals surface area contributed by atoms with Gasteiger partial charge in [-0.1, -0.05) is 30.3 Å². The lowest BCUT2D eigenvalue weighted by atomic mass is 9.96. The van der Waals surface area contributed by atoms with Crippen LogP contribution in [0.15, 0.2) is 36.4 Å². The van der Waals surface area contributed by atoms with Gasteiger partial charge in [0.15, 0.2) is 0 Å². The van der Waals surface area contributed by atoms with E-state index < -0.39 is 34.0 Å². The zero-order valence-electron chi connectivity index (χ0n) is 19.5. The van der Waals surface area contributed by atoms with Gasteiger partial charge < -0.3 is 9.64 Å². The summed E-state index contributed by atoms with van der Waals surface area (Å²) in [7, 11) is -3.85. The normalized spacial score (nSPS) is 15.2. The van der Waals surface area contributed by atoms with Crippen molar-refractivity contribution in [2.24, 2.45) is 5.92 Å². The molecule has 1 saturated heterocycles. The van der Waals surface area contributed by atoms with E-state index in [-0.39, 0.29) is 35.0 Å². The first-order valence-corrected chi connectivity index (χ1v) is 12.9. The van der Waals surface area contributed by atoms with Crippen molar-refractivity contribution in [2.45, 2.75) is 38.6 Å². The molecule has 1 aliphatic rings. The molecule has 0 aliphatic carbocycles. The monoisotopic (exact) mass is 502 g/mol. The summed E-state index contributed by atoms with van der Waals surface area (Å²) in [5.41, 5.74) is 0.442. The van der Waals surface area contributed by atoms with Gasteiger partial charge in [-0.15, -0.1) is 0 Å². The van der Waals surface area contributed by atoms with E-state index in [4.69, 9.17) is 4.74 Å². The Labute approximate surface area is 204 Å². The van der Waals surface area contributed by atoms with Crippen molar-refractivity contribution < 1.29 is 27.1 Å². The number of halogens is 1. The maximum atomic E-state index is 14.3. The van der Waals surface area contributed by atoms with Crippen molar-refractivity contribution >= 4 is 27.7 Å². The van der Waals surface area contributed by atoms with Crippen LogP contribution in [0.2, 0.25) is 0 Å². The third-order valence-electron chi connectivity index (χ3n) is 5.65. The van der Waals surface area contributed by atoms with E-state index in [2.05, 4.69) is 9.71 Å². The SMILES string of the molecule is CCOC(=O)c1cc(C#N)c(N2CCC(C(=O)NS(=O)(=O)Cc3ccccc3)CC2)nc1C(C)F. The van der Waals surface area contributed by atoms with Crippen molar-refractivity contribution in [2.75, 3.05) is 24.6 Å². The summed E-state index contributed by atoms with van der Waals surface area (Å²) < 4.78 is 46.2. The van der Waals surface area contributed by atoms with Gasteiger partial charge in [0, 0.05) is 19.0 Å². The van der Waals surface area contributed by atoms with Gasteiger partial charge in [-0.3, -0.25) is 9.52 Å². The van der Waals surface area contributed by atoms with Crippen LogP contribution < -0.4 is 9.62 Å². The number of sulfonamides is 1. The number of aromatic nitrogens is 1. The highest BCUT2D eigenvalue weighted by Crippen LogP contribution is 2.30. The summed E-state index contributed by atoms with van der Waals surface area (Å²) in [6.07, 6.45) is -0.933. The van der Waals surface area contributed by atoms with Gasteiger partial charge in [-0.25, -0.2) is 22.6 Å². The van der Waals surface area contributed by atoms with Crippen molar-refractivity contribution in [1.82, 2.24) is 9.71 Å². The molecule has 1 N–H and O–H groups in total. The minimum absolute atomic E-state index is 0.0887. The van der Waals surface area contributed by atoms with Gasteiger partial charge in [0.05, 0.1) is 29.2 Å². The van der Waals surface area contributed by atoms with Crippen molar-refractivity contribution in [3.05, 3.63) is 58.8 Å². The number of hydrogen-bond acceptors (Lipinski definition) is 8. The lowest BCUT2D eigenvalue weighted by molar-refractivity contribution is -0.123. The summed E-state index contributed by atoms with van der Waals surface area (Å²) in [6.45, 7) is 3.57. The summed E-state index contributed by atoms with van der Waals surface area (Å²) in [5.74, 6) is -1.96. The molecular weight excluding hydrogens is 475 g/mol. The number of rotatable bonds is 8. The Balaban J connectivity index is 1.71. The van der Waals surface area contributed by atoms with Crippen LogP contribution in [0.3, 0.4) is 0 Å². The van der Waals surface area contributed by atoms with Crippen LogP contribution in [-0.4, -0.2) is 45.0 Å². The van der Waals surface area contributed by atoms with E-state index in [1.54, 1.807) is 42.2 Å². The van der Waals surface area contributed by atoms with Crippen LogP contribution >= 0.6 is 0 Å². The van der Waals surface area contributed by atoms with E-state index in [1.807, 2.05) is 6.07 Å². The molecule has 2 heterocycles. The topological polar surface area (TPSA) is 129 Å². The third kappa shape index (κ3) is 6.54. The highest BCUT2D eigenvalue weighted by Gasteiger charge is 2.31. The average Bonchev–Trinajstić information content (AvgIpc) is 2.83. The first-order chi connectivity index (χ1) is 16.6. The molecule has 2 aromatic rings. The smallest absolute Gasteiger partial charge is 0.340 e. The maximum Gasteiger partial charge on any atom is 0.340 e. The summed E-state index contributed by atoms with van der Waals surface area (Å²) >= 11 is 0.